The second-order valence-electron chi connectivity index (χ2n) is 7.22. The molecule has 0 atom stereocenters. The number of carbonyl (C=O) groups excluding carboxylic acids is 3. The summed E-state index contributed by atoms with van der Waals surface area (Å²) in [5.41, 5.74) is 2.66. The number of amides is 3. The number of hydrogen-bond acceptors (Lipinski definition) is 4. The first-order chi connectivity index (χ1) is 15.0. The fourth-order valence-corrected chi connectivity index (χ4v) is 3.60. The minimum Gasteiger partial charge on any atom is -0.351 e. The van der Waals surface area contributed by atoms with Crippen LogP contribution in [-0.2, 0) is 9.59 Å². The quantitative estimate of drug-likeness (QED) is 0.454. The topological polar surface area (TPSA) is 84.3 Å². The van der Waals surface area contributed by atoms with Gasteiger partial charge in [-0.3, -0.25) is 19.3 Å². The molecule has 158 valence electrons. The third-order valence-electron chi connectivity index (χ3n) is 5.08. The highest BCUT2D eigenvalue weighted by Crippen LogP contribution is 2.23. The predicted molar refractivity (Wildman–Crippen MR) is 117 cm³/mol. The maximum atomic E-state index is 12.9. The summed E-state index contributed by atoms with van der Waals surface area (Å²) in [5, 5.41) is 8.12. The third kappa shape index (κ3) is 4.67. The number of nitrogens with zero attached hydrogens (tertiary/aromatic N) is 3. The van der Waals surface area contributed by atoms with Crippen molar-refractivity contribution < 1.29 is 14.4 Å². The van der Waals surface area contributed by atoms with Crippen LogP contribution in [-0.4, -0.2) is 45.5 Å². The highest BCUT2D eigenvalue weighted by molar-refractivity contribution is 6.30. The maximum Gasteiger partial charge on any atom is 0.270 e. The van der Waals surface area contributed by atoms with E-state index < -0.39 is 0 Å². The largest absolute Gasteiger partial charge is 0.351 e. The van der Waals surface area contributed by atoms with E-state index in [1.807, 2.05) is 42.5 Å². The molecule has 2 aromatic carbocycles. The zero-order chi connectivity index (χ0) is 21.8. The van der Waals surface area contributed by atoms with Crippen LogP contribution in [0, 0.1) is 0 Å². The Labute approximate surface area is 184 Å². The Morgan fingerprint density at radius 3 is 2.35 bits per heavy atom. The van der Waals surface area contributed by atoms with Crippen molar-refractivity contribution in [3.8, 4) is 16.9 Å². The van der Waals surface area contributed by atoms with Gasteiger partial charge < -0.3 is 5.32 Å². The van der Waals surface area contributed by atoms with E-state index >= 15 is 0 Å². The molecular weight excluding hydrogens is 416 g/mol. The average molecular weight is 437 g/mol. The molecule has 1 fully saturated rings. The van der Waals surface area contributed by atoms with Crippen molar-refractivity contribution >= 4 is 29.3 Å². The number of benzene rings is 2. The summed E-state index contributed by atoms with van der Waals surface area (Å²) in [6, 6.07) is 18.4. The molecule has 1 N–H and O–H groups in total. The maximum absolute atomic E-state index is 12.9. The molecule has 1 aliphatic rings. The molecule has 0 bridgehead atoms. The zero-order valence-corrected chi connectivity index (χ0v) is 17.5. The van der Waals surface area contributed by atoms with Crippen LogP contribution in [0.5, 0.6) is 0 Å². The van der Waals surface area contributed by atoms with Crippen molar-refractivity contribution in [1.82, 2.24) is 20.0 Å². The minimum absolute atomic E-state index is 0.147. The summed E-state index contributed by atoms with van der Waals surface area (Å²) in [4.78, 5) is 37.6. The lowest BCUT2D eigenvalue weighted by atomic mass is 10.1. The first-order valence-electron chi connectivity index (χ1n) is 10.1. The van der Waals surface area contributed by atoms with E-state index in [2.05, 4.69) is 10.4 Å². The lowest BCUT2D eigenvalue weighted by Crippen LogP contribution is -2.33. The van der Waals surface area contributed by atoms with Crippen molar-refractivity contribution in [3.05, 3.63) is 71.4 Å². The Bertz CT molecular complexity index is 1090. The van der Waals surface area contributed by atoms with Gasteiger partial charge >= 0.3 is 0 Å². The Balaban J connectivity index is 1.50. The van der Waals surface area contributed by atoms with Gasteiger partial charge in [0.25, 0.3) is 5.91 Å². The van der Waals surface area contributed by atoms with Crippen LogP contribution < -0.4 is 5.32 Å². The summed E-state index contributed by atoms with van der Waals surface area (Å²) in [6.07, 6.45) is 1.04. The summed E-state index contributed by atoms with van der Waals surface area (Å²) in [5.74, 6) is -0.576. The van der Waals surface area contributed by atoms with Crippen molar-refractivity contribution in [2.75, 3.05) is 13.1 Å². The van der Waals surface area contributed by atoms with Crippen LogP contribution in [0.3, 0.4) is 0 Å². The van der Waals surface area contributed by atoms with E-state index in [1.165, 1.54) is 4.90 Å². The predicted octanol–water partition coefficient (Wildman–Crippen LogP) is 3.46. The SMILES string of the molecule is O=C(NCCCN1C(=O)CCC1=O)c1cc(-c2ccc(Cl)cc2)nn1-c1ccccc1. The fourth-order valence-electron chi connectivity index (χ4n) is 3.47. The number of rotatable bonds is 7. The first kappa shape index (κ1) is 20.8. The molecule has 0 spiro atoms. The molecule has 31 heavy (non-hydrogen) atoms. The zero-order valence-electron chi connectivity index (χ0n) is 16.8. The van der Waals surface area contributed by atoms with Gasteiger partial charge in [-0.15, -0.1) is 0 Å². The molecule has 2 heterocycles. The molecule has 0 radical (unpaired) electrons. The third-order valence-corrected chi connectivity index (χ3v) is 5.33. The molecular formula is C23H21ClN4O3. The van der Waals surface area contributed by atoms with Crippen LogP contribution in [0.15, 0.2) is 60.7 Å². The summed E-state index contributed by atoms with van der Waals surface area (Å²) in [7, 11) is 0. The van der Waals surface area contributed by atoms with E-state index in [0.717, 1.165) is 11.3 Å². The summed E-state index contributed by atoms with van der Waals surface area (Å²) >= 11 is 5.98. The number of hydrogen-bond donors (Lipinski definition) is 1. The van der Waals surface area contributed by atoms with Crippen LogP contribution in [0.25, 0.3) is 16.9 Å². The van der Waals surface area contributed by atoms with Crippen LogP contribution in [0.4, 0.5) is 0 Å². The lowest BCUT2D eigenvalue weighted by molar-refractivity contribution is -0.138. The van der Waals surface area contributed by atoms with Gasteiger partial charge in [-0.2, -0.15) is 5.10 Å². The van der Waals surface area contributed by atoms with Gasteiger partial charge in [-0.1, -0.05) is 41.9 Å². The van der Waals surface area contributed by atoms with E-state index in [-0.39, 0.29) is 30.6 Å². The Kier molecular flexibility index (Phi) is 6.13. The number of halogens is 1. The summed E-state index contributed by atoms with van der Waals surface area (Å²) in [6.45, 7) is 0.651. The number of nitrogens with one attached hydrogen (secondary N) is 1. The highest BCUT2D eigenvalue weighted by Gasteiger charge is 2.28. The first-order valence-corrected chi connectivity index (χ1v) is 10.4. The van der Waals surface area contributed by atoms with Gasteiger partial charge in [-0.05, 0) is 36.8 Å². The van der Waals surface area contributed by atoms with Gasteiger partial charge in [0.2, 0.25) is 11.8 Å². The molecule has 0 unspecified atom stereocenters. The van der Waals surface area contributed by atoms with E-state index in [4.69, 9.17) is 11.6 Å². The standard InChI is InChI=1S/C23H21ClN4O3/c24-17-9-7-16(8-10-17)19-15-20(28(26-19)18-5-2-1-3-6-18)23(31)25-13-4-14-27-21(29)11-12-22(27)30/h1-3,5-10,15H,4,11-14H2,(H,25,31). The van der Waals surface area contributed by atoms with Gasteiger partial charge in [0, 0.05) is 36.5 Å². The number of likely N-dealkylation sites (tertiary alicyclic amines) is 1. The second-order valence-corrected chi connectivity index (χ2v) is 7.65. The smallest absolute Gasteiger partial charge is 0.270 e. The number of para-hydroxylation sites is 1. The number of imide groups is 1. The normalized spacial score (nSPS) is 13.6. The minimum atomic E-state index is -0.282. The van der Waals surface area contributed by atoms with Crippen molar-refractivity contribution in [1.29, 1.82) is 0 Å². The second kappa shape index (κ2) is 9.14. The fraction of sp³-hybridized carbons (Fsp3) is 0.217. The average Bonchev–Trinajstić information content (AvgIpc) is 3.36. The van der Waals surface area contributed by atoms with Gasteiger partial charge in [-0.25, -0.2) is 4.68 Å². The summed E-state index contributed by atoms with van der Waals surface area (Å²) < 4.78 is 1.60. The monoisotopic (exact) mass is 436 g/mol. The van der Waals surface area contributed by atoms with Crippen molar-refractivity contribution in [3.63, 3.8) is 0 Å². The Morgan fingerprint density at radius 1 is 1.00 bits per heavy atom. The molecule has 4 rings (SSSR count). The molecule has 0 saturated carbocycles. The van der Waals surface area contributed by atoms with Crippen LogP contribution in [0.1, 0.15) is 29.8 Å². The van der Waals surface area contributed by atoms with Crippen molar-refractivity contribution in [2.45, 2.75) is 19.3 Å². The lowest BCUT2D eigenvalue weighted by Gasteiger charge is -2.13. The molecule has 7 nitrogen and oxygen atoms in total. The van der Waals surface area contributed by atoms with Crippen molar-refractivity contribution in [2.24, 2.45) is 0 Å². The van der Waals surface area contributed by atoms with Gasteiger partial charge in [0.15, 0.2) is 0 Å². The Hall–Kier alpha value is -3.45. The number of aromatic nitrogens is 2. The Morgan fingerprint density at radius 2 is 1.68 bits per heavy atom. The molecule has 8 heteroatoms. The highest BCUT2D eigenvalue weighted by atomic mass is 35.5. The van der Waals surface area contributed by atoms with E-state index in [1.54, 1.807) is 22.9 Å². The molecule has 1 aliphatic heterocycles. The van der Waals surface area contributed by atoms with E-state index in [9.17, 15) is 14.4 Å². The van der Waals surface area contributed by atoms with E-state index in [0.29, 0.717) is 35.9 Å². The molecule has 1 saturated heterocycles. The molecule has 0 aliphatic carbocycles. The van der Waals surface area contributed by atoms with Crippen LogP contribution in [0.2, 0.25) is 5.02 Å². The van der Waals surface area contributed by atoms with Gasteiger partial charge in [0.05, 0.1) is 11.4 Å². The molecule has 1 aromatic heterocycles. The molecule has 3 amide bonds. The number of carbonyl (C=O) groups is 3. The molecule has 3 aromatic rings. The van der Waals surface area contributed by atoms with Gasteiger partial charge in [0.1, 0.15) is 5.69 Å². The van der Waals surface area contributed by atoms with Crippen LogP contribution >= 0.6 is 11.6 Å².